The van der Waals surface area contributed by atoms with E-state index in [2.05, 4.69) is 48.5 Å². The summed E-state index contributed by atoms with van der Waals surface area (Å²) in [6.45, 7) is 2.02. The van der Waals surface area contributed by atoms with E-state index in [0.717, 1.165) is 25.8 Å². The molecular formula is C22H31Cl2N3O. The number of halogens is 2. The predicted molar refractivity (Wildman–Crippen MR) is 120 cm³/mol. The van der Waals surface area contributed by atoms with Crippen LogP contribution in [0.25, 0.3) is 0 Å². The van der Waals surface area contributed by atoms with Crippen molar-refractivity contribution in [2.45, 2.75) is 37.1 Å². The zero-order valence-corrected chi connectivity index (χ0v) is 17.8. The van der Waals surface area contributed by atoms with E-state index >= 15 is 0 Å². The third-order valence-electron chi connectivity index (χ3n) is 5.49. The second-order valence-corrected chi connectivity index (χ2v) is 7.21. The number of nitrogens with two attached hydrogens (primary N) is 2. The van der Waals surface area contributed by atoms with Crippen LogP contribution < -0.4 is 11.5 Å². The lowest BCUT2D eigenvalue weighted by atomic mass is 9.69. The summed E-state index contributed by atoms with van der Waals surface area (Å²) in [5, 5.41) is 0. The van der Waals surface area contributed by atoms with Gasteiger partial charge in [-0.05, 0) is 43.4 Å². The van der Waals surface area contributed by atoms with Gasteiger partial charge >= 0.3 is 0 Å². The Balaban J connectivity index is 0.00000196. The van der Waals surface area contributed by atoms with E-state index in [9.17, 15) is 4.79 Å². The molecule has 28 heavy (non-hydrogen) atoms. The van der Waals surface area contributed by atoms with Gasteiger partial charge in [0, 0.05) is 18.5 Å². The Kier molecular flexibility index (Phi) is 9.97. The zero-order valence-electron chi connectivity index (χ0n) is 16.1. The van der Waals surface area contributed by atoms with Crippen LogP contribution in [0.2, 0.25) is 0 Å². The van der Waals surface area contributed by atoms with Crippen molar-refractivity contribution in [1.29, 1.82) is 0 Å². The van der Waals surface area contributed by atoms with Crippen LogP contribution in [0, 0.1) is 0 Å². The van der Waals surface area contributed by atoms with E-state index in [0.29, 0.717) is 19.5 Å². The Morgan fingerprint density at radius 2 is 1.54 bits per heavy atom. The lowest BCUT2D eigenvalue weighted by Crippen LogP contribution is -2.53. The third-order valence-corrected chi connectivity index (χ3v) is 5.49. The van der Waals surface area contributed by atoms with Crippen LogP contribution in [0.15, 0.2) is 60.7 Å². The van der Waals surface area contributed by atoms with Crippen molar-refractivity contribution < 1.29 is 4.79 Å². The molecule has 6 heteroatoms. The molecule has 1 aliphatic rings. The van der Waals surface area contributed by atoms with E-state index in [4.69, 9.17) is 11.5 Å². The van der Waals surface area contributed by atoms with Crippen molar-refractivity contribution in [3.63, 3.8) is 0 Å². The fourth-order valence-corrected chi connectivity index (χ4v) is 4.09. The number of likely N-dealkylation sites (tertiary alicyclic amines) is 1. The van der Waals surface area contributed by atoms with Gasteiger partial charge in [0.2, 0.25) is 5.91 Å². The smallest absolute Gasteiger partial charge is 0.239 e. The van der Waals surface area contributed by atoms with Gasteiger partial charge in [-0.3, -0.25) is 4.79 Å². The molecule has 1 fully saturated rings. The summed E-state index contributed by atoms with van der Waals surface area (Å²) in [6.07, 6.45) is 3.43. The van der Waals surface area contributed by atoms with Crippen LogP contribution >= 0.6 is 24.8 Å². The quantitative estimate of drug-likeness (QED) is 0.746. The molecule has 3 rings (SSSR count). The van der Waals surface area contributed by atoms with Crippen molar-refractivity contribution in [3.8, 4) is 0 Å². The molecule has 0 bridgehead atoms. The molecule has 1 atom stereocenters. The number of nitrogens with zero attached hydrogens (tertiary/aromatic N) is 1. The first kappa shape index (κ1) is 24.4. The maximum atomic E-state index is 12.9. The van der Waals surface area contributed by atoms with Gasteiger partial charge in [-0.1, -0.05) is 60.7 Å². The molecule has 1 amide bonds. The average Bonchev–Trinajstić information content (AvgIpc) is 2.72. The van der Waals surface area contributed by atoms with Gasteiger partial charge in [0.05, 0.1) is 6.04 Å². The molecule has 1 heterocycles. The lowest BCUT2D eigenvalue weighted by Gasteiger charge is -2.44. The second kappa shape index (κ2) is 11.4. The Labute approximate surface area is 180 Å². The van der Waals surface area contributed by atoms with E-state index in [1.807, 2.05) is 17.0 Å². The van der Waals surface area contributed by atoms with Gasteiger partial charge in [0.1, 0.15) is 0 Å². The molecule has 4 nitrogen and oxygen atoms in total. The van der Waals surface area contributed by atoms with E-state index in [1.54, 1.807) is 0 Å². The number of benzene rings is 2. The Bertz CT molecular complexity index is 673. The molecule has 2 aromatic carbocycles. The molecule has 2 aromatic rings. The summed E-state index contributed by atoms with van der Waals surface area (Å²) in [5.41, 5.74) is 14.1. The van der Waals surface area contributed by atoms with Crippen LogP contribution in [0.1, 0.15) is 36.8 Å². The van der Waals surface area contributed by atoms with E-state index in [-0.39, 0.29) is 36.1 Å². The number of carbonyl (C=O) groups is 1. The van der Waals surface area contributed by atoms with Gasteiger partial charge in [0.15, 0.2) is 0 Å². The normalized spacial score (nSPS) is 16.4. The summed E-state index contributed by atoms with van der Waals surface area (Å²) in [5.74, 6) is 0.0504. The van der Waals surface area contributed by atoms with Gasteiger partial charge < -0.3 is 16.4 Å². The van der Waals surface area contributed by atoms with Crippen molar-refractivity contribution >= 4 is 30.7 Å². The standard InChI is InChI=1S/C22H29N3O.2ClH/c23-15-7-13-20(24)21(26)25-16-8-14-22(17-25,18-9-3-1-4-10-18)19-11-5-2-6-12-19;;/h1-6,9-12,20H,7-8,13-17,23-24H2;2*1H/t20-;;/m1../s1. The minimum absolute atomic E-state index is 0. The van der Waals surface area contributed by atoms with Gasteiger partial charge in [-0.15, -0.1) is 24.8 Å². The van der Waals surface area contributed by atoms with Crippen molar-refractivity contribution in [1.82, 2.24) is 4.90 Å². The van der Waals surface area contributed by atoms with Crippen molar-refractivity contribution in [3.05, 3.63) is 71.8 Å². The van der Waals surface area contributed by atoms with E-state index in [1.165, 1.54) is 11.1 Å². The number of rotatable bonds is 6. The van der Waals surface area contributed by atoms with Crippen LogP contribution in [-0.2, 0) is 10.2 Å². The SMILES string of the molecule is Cl.Cl.NCCC[C@@H](N)C(=O)N1CCCC(c2ccccc2)(c2ccccc2)C1. The first-order chi connectivity index (χ1) is 12.7. The first-order valence-electron chi connectivity index (χ1n) is 9.53. The Hall–Kier alpha value is -1.59. The minimum atomic E-state index is -0.458. The van der Waals surface area contributed by atoms with Crippen LogP contribution in [0.3, 0.4) is 0 Å². The summed E-state index contributed by atoms with van der Waals surface area (Å²) in [6, 6.07) is 20.6. The van der Waals surface area contributed by atoms with Gasteiger partial charge in [-0.25, -0.2) is 0 Å². The van der Waals surface area contributed by atoms with Crippen LogP contribution in [-0.4, -0.2) is 36.5 Å². The lowest BCUT2D eigenvalue weighted by molar-refractivity contribution is -0.134. The van der Waals surface area contributed by atoms with Crippen molar-refractivity contribution in [2.24, 2.45) is 11.5 Å². The maximum Gasteiger partial charge on any atom is 0.239 e. The third kappa shape index (κ3) is 5.26. The highest BCUT2D eigenvalue weighted by molar-refractivity contribution is 5.85. The Morgan fingerprint density at radius 3 is 2.04 bits per heavy atom. The highest BCUT2D eigenvalue weighted by Gasteiger charge is 2.40. The number of amides is 1. The zero-order chi connectivity index (χ0) is 18.4. The number of piperidine rings is 1. The topological polar surface area (TPSA) is 72.3 Å². The molecular weight excluding hydrogens is 393 g/mol. The fraction of sp³-hybridized carbons (Fsp3) is 0.409. The van der Waals surface area contributed by atoms with Crippen LogP contribution in [0.5, 0.6) is 0 Å². The second-order valence-electron chi connectivity index (χ2n) is 7.21. The molecule has 0 saturated carbocycles. The Morgan fingerprint density at radius 1 is 1.00 bits per heavy atom. The van der Waals surface area contributed by atoms with Crippen LogP contribution in [0.4, 0.5) is 0 Å². The van der Waals surface area contributed by atoms with Gasteiger partial charge in [0.25, 0.3) is 0 Å². The minimum Gasteiger partial charge on any atom is -0.340 e. The predicted octanol–water partition coefficient (Wildman–Crippen LogP) is 3.50. The largest absolute Gasteiger partial charge is 0.340 e. The summed E-state index contributed by atoms with van der Waals surface area (Å²) < 4.78 is 0. The summed E-state index contributed by atoms with van der Waals surface area (Å²) >= 11 is 0. The molecule has 1 aliphatic heterocycles. The van der Waals surface area contributed by atoms with Gasteiger partial charge in [-0.2, -0.15) is 0 Å². The van der Waals surface area contributed by atoms with Crippen molar-refractivity contribution in [2.75, 3.05) is 19.6 Å². The summed E-state index contributed by atoms with van der Waals surface area (Å²) in [7, 11) is 0. The number of carbonyl (C=O) groups excluding carboxylic acids is 1. The molecule has 0 aromatic heterocycles. The number of hydrogen-bond donors (Lipinski definition) is 2. The molecule has 0 unspecified atom stereocenters. The molecule has 154 valence electrons. The maximum absolute atomic E-state index is 12.9. The van der Waals surface area contributed by atoms with E-state index < -0.39 is 6.04 Å². The average molecular weight is 424 g/mol. The number of hydrogen-bond acceptors (Lipinski definition) is 3. The fourth-order valence-electron chi connectivity index (χ4n) is 4.09. The monoisotopic (exact) mass is 423 g/mol. The highest BCUT2D eigenvalue weighted by atomic mass is 35.5. The molecule has 0 radical (unpaired) electrons. The molecule has 4 N–H and O–H groups in total. The highest BCUT2D eigenvalue weighted by Crippen LogP contribution is 2.40. The summed E-state index contributed by atoms with van der Waals surface area (Å²) in [4.78, 5) is 14.9. The first-order valence-corrected chi connectivity index (χ1v) is 9.53. The molecule has 1 saturated heterocycles. The molecule has 0 aliphatic carbocycles. The molecule has 0 spiro atoms.